The van der Waals surface area contributed by atoms with Gasteiger partial charge in [-0.05, 0) is 25.3 Å². The molecule has 1 aromatic rings. The first-order chi connectivity index (χ1) is 15.2. The molecule has 0 amide bonds. The SMILES string of the molecule is CCOC(=O)CCCCCCNC(=NC)N1CC2OCCN(Cc3ccccc3)C2C1. The Labute approximate surface area is 186 Å². The van der Waals surface area contributed by atoms with Crippen molar-refractivity contribution >= 4 is 11.9 Å². The Morgan fingerprint density at radius 3 is 2.77 bits per heavy atom. The average molecular weight is 431 g/mol. The van der Waals surface area contributed by atoms with Gasteiger partial charge in [-0.2, -0.15) is 0 Å². The summed E-state index contributed by atoms with van der Waals surface area (Å²) in [4.78, 5) is 20.8. The Bertz CT molecular complexity index is 697. The van der Waals surface area contributed by atoms with Gasteiger partial charge in [0.2, 0.25) is 0 Å². The highest BCUT2D eigenvalue weighted by Gasteiger charge is 2.41. The molecule has 2 heterocycles. The van der Waals surface area contributed by atoms with Crippen molar-refractivity contribution in [1.29, 1.82) is 0 Å². The minimum Gasteiger partial charge on any atom is -0.466 e. The summed E-state index contributed by atoms with van der Waals surface area (Å²) in [6, 6.07) is 11.1. The molecule has 0 radical (unpaired) electrons. The van der Waals surface area contributed by atoms with Gasteiger partial charge in [0.15, 0.2) is 5.96 Å². The third-order valence-corrected chi connectivity index (χ3v) is 6.05. The van der Waals surface area contributed by atoms with E-state index < -0.39 is 0 Å². The lowest BCUT2D eigenvalue weighted by molar-refractivity contribution is -0.143. The van der Waals surface area contributed by atoms with Gasteiger partial charge in [-0.15, -0.1) is 0 Å². The Balaban J connectivity index is 1.39. The lowest BCUT2D eigenvalue weighted by Gasteiger charge is -2.36. The topological polar surface area (TPSA) is 66.4 Å². The van der Waals surface area contributed by atoms with Crippen molar-refractivity contribution in [2.45, 2.75) is 57.7 Å². The van der Waals surface area contributed by atoms with E-state index in [1.54, 1.807) is 0 Å². The number of aliphatic imine (C=N–C) groups is 1. The highest BCUT2D eigenvalue weighted by molar-refractivity contribution is 5.80. The Morgan fingerprint density at radius 2 is 2.00 bits per heavy atom. The van der Waals surface area contributed by atoms with Crippen LogP contribution in [0.4, 0.5) is 0 Å². The van der Waals surface area contributed by atoms with Gasteiger partial charge >= 0.3 is 5.97 Å². The highest BCUT2D eigenvalue weighted by Crippen LogP contribution is 2.24. The zero-order valence-corrected chi connectivity index (χ0v) is 19.1. The largest absolute Gasteiger partial charge is 0.466 e. The number of esters is 1. The van der Waals surface area contributed by atoms with E-state index >= 15 is 0 Å². The molecule has 31 heavy (non-hydrogen) atoms. The number of likely N-dealkylation sites (tertiary alicyclic amines) is 1. The van der Waals surface area contributed by atoms with Crippen LogP contribution in [0.15, 0.2) is 35.3 Å². The first-order valence-corrected chi connectivity index (χ1v) is 11.7. The molecule has 2 atom stereocenters. The minimum atomic E-state index is -0.0833. The van der Waals surface area contributed by atoms with Crippen LogP contribution in [-0.2, 0) is 20.8 Å². The molecule has 3 rings (SSSR count). The van der Waals surface area contributed by atoms with Crippen molar-refractivity contribution in [3.05, 3.63) is 35.9 Å². The number of morpholine rings is 1. The normalized spacial score (nSPS) is 21.7. The van der Waals surface area contributed by atoms with E-state index in [9.17, 15) is 4.79 Å². The number of unbranched alkanes of at least 4 members (excludes halogenated alkanes) is 3. The molecule has 0 aliphatic carbocycles. The Hall–Kier alpha value is -2.12. The summed E-state index contributed by atoms with van der Waals surface area (Å²) in [6.07, 6.45) is 4.88. The first kappa shape index (κ1) is 23.5. The molecule has 172 valence electrons. The van der Waals surface area contributed by atoms with Gasteiger partial charge in [0, 0.05) is 46.2 Å². The summed E-state index contributed by atoms with van der Waals surface area (Å²) in [5.41, 5.74) is 1.35. The molecule has 2 aliphatic rings. The number of ether oxygens (including phenoxy) is 2. The fourth-order valence-electron chi connectivity index (χ4n) is 4.46. The van der Waals surface area contributed by atoms with E-state index in [1.165, 1.54) is 5.56 Å². The maximum absolute atomic E-state index is 11.4. The van der Waals surface area contributed by atoms with Crippen LogP contribution in [-0.4, -0.2) is 80.3 Å². The molecular formula is C24H38N4O3. The van der Waals surface area contributed by atoms with Gasteiger partial charge in [-0.3, -0.25) is 14.7 Å². The molecule has 0 bridgehead atoms. The maximum Gasteiger partial charge on any atom is 0.305 e. The van der Waals surface area contributed by atoms with Crippen LogP contribution in [0.1, 0.15) is 44.6 Å². The molecule has 2 aliphatic heterocycles. The molecule has 0 saturated carbocycles. The molecule has 7 nitrogen and oxygen atoms in total. The van der Waals surface area contributed by atoms with E-state index in [4.69, 9.17) is 9.47 Å². The second-order valence-corrected chi connectivity index (χ2v) is 8.28. The van der Waals surface area contributed by atoms with Crippen LogP contribution in [0.25, 0.3) is 0 Å². The molecule has 0 spiro atoms. The molecule has 1 N–H and O–H groups in total. The van der Waals surface area contributed by atoms with E-state index in [0.717, 1.165) is 71.0 Å². The number of fused-ring (bicyclic) bond motifs is 1. The highest BCUT2D eigenvalue weighted by atomic mass is 16.5. The number of nitrogens with one attached hydrogen (secondary N) is 1. The Kier molecular flexibility index (Phi) is 9.62. The van der Waals surface area contributed by atoms with Gasteiger partial charge in [-0.25, -0.2) is 0 Å². The molecule has 2 fully saturated rings. The van der Waals surface area contributed by atoms with E-state index in [0.29, 0.717) is 19.1 Å². The summed E-state index contributed by atoms with van der Waals surface area (Å²) >= 11 is 0. The van der Waals surface area contributed by atoms with Crippen molar-refractivity contribution in [2.24, 2.45) is 4.99 Å². The number of hydrogen-bond acceptors (Lipinski definition) is 5. The van der Waals surface area contributed by atoms with Crippen LogP contribution in [0.3, 0.4) is 0 Å². The summed E-state index contributed by atoms with van der Waals surface area (Å²) in [6.45, 7) is 7.77. The number of hydrogen-bond donors (Lipinski definition) is 1. The predicted octanol–water partition coefficient (Wildman–Crippen LogP) is 2.66. The van der Waals surface area contributed by atoms with E-state index in [1.807, 2.05) is 14.0 Å². The number of benzene rings is 1. The van der Waals surface area contributed by atoms with Crippen LogP contribution >= 0.6 is 0 Å². The van der Waals surface area contributed by atoms with Crippen molar-refractivity contribution < 1.29 is 14.3 Å². The van der Waals surface area contributed by atoms with Crippen molar-refractivity contribution in [1.82, 2.24) is 15.1 Å². The van der Waals surface area contributed by atoms with Crippen LogP contribution in [0.2, 0.25) is 0 Å². The summed E-state index contributed by atoms with van der Waals surface area (Å²) in [7, 11) is 1.85. The summed E-state index contributed by atoms with van der Waals surface area (Å²) in [5, 5.41) is 3.52. The molecule has 2 saturated heterocycles. The zero-order valence-electron chi connectivity index (χ0n) is 19.1. The molecule has 7 heteroatoms. The first-order valence-electron chi connectivity index (χ1n) is 11.7. The lowest BCUT2D eigenvalue weighted by Crippen LogP contribution is -2.50. The Morgan fingerprint density at radius 1 is 1.19 bits per heavy atom. The summed E-state index contributed by atoms with van der Waals surface area (Å²) < 4.78 is 11.1. The average Bonchev–Trinajstić information content (AvgIpc) is 3.22. The standard InChI is InChI=1S/C24H38N4O3/c1-3-30-23(29)13-9-4-5-10-14-26-24(25-2)28-18-21-22(19-28)31-16-15-27(21)17-20-11-7-6-8-12-20/h6-8,11-12,21-22H,3-5,9-10,13-19H2,1-2H3,(H,25,26). The van der Waals surface area contributed by atoms with Crippen molar-refractivity contribution in [3.63, 3.8) is 0 Å². The van der Waals surface area contributed by atoms with Gasteiger partial charge in [0.1, 0.15) is 0 Å². The minimum absolute atomic E-state index is 0.0833. The smallest absolute Gasteiger partial charge is 0.305 e. The van der Waals surface area contributed by atoms with Crippen LogP contribution in [0, 0.1) is 0 Å². The van der Waals surface area contributed by atoms with Gasteiger partial charge in [0.25, 0.3) is 0 Å². The molecule has 0 aromatic heterocycles. The molecule has 2 unspecified atom stereocenters. The molecular weight excluding hydrogens is 392 g/mol. The maximum atomic E-state index is 11.4. The van der Waals surface area contributed by atoms with Crippen LogP contribution < -0.4 is 5.32 Å². The van der Waals surface area contributed by atoms with Gasteiger partial charge in [-0.1, -0.05) is 43.2 Å². The quantitative estimate of drug-likeness (QED) is 0.266. The monoisotopic (exact) mass is 430 g/mol. The fraction of sp³-hybridized carbons (Fsp3) is 0.667. The number of carbonyl (C=O) groups is 1. The summed E-state index contributed by atoms with van der Waals surface area (Å²) in [5.74, 6) is 0.879. The number of rotatable bonds is 10. The second kappa shape index (κ2) is 12.7. The van der Waals surface area contributed by atoms with Crippen LogP contribution in [0.5, 0.6) is 0 Å². The second-order valence-electron chi connectivity index (χ2n) is 8.28. The lowest BCUT2D eigenvalue weighted by atomic mass is 10.1. The van der Waals surface area contributed by atoms with Gasteiger partial charge in [0.05, 0.1) is 25.4 Å². The fourth-order valence-corrected chi connectivity index (χ4v) is 4.46. The molecule has 1 aromatic carbocycles. The van der Waals surface area contributed by atoms with Gasteiger partial charge < -0.3 is 19.7 Å². The van der Waals surface area contributed by atoms with E-state index in [-0.39, 0.29) is 12.1 Å². The zero-order chi connectivity index (χ0) is 21.9. The number of carbonyl (C=O) groups excluding carboxylic acids is 1. The number of guanidine groups is 1. The third kappa shape index (κ3) is 7.21. The number of nitrogens with zero attached hydrogens (tertiary/aromatic N) is 3. The van der Waals surface area contributed by atoms with Crippen molar-refractivity contribution in [3.8, 4) is 0 Å². The van der Waals surface area contributed by atoms with Crippen molar-refractivity contribution in [2.75, 3.05) is 46.4 Å². The predicted molar refractivity (Wildman–Crippen MR) is 123 cm³/mol. The third-order valence-electron chi connectivity index (χ3n) is 6.05. The van der Waals surface area contributed by atoms with E-state index in [2.05, 4.69) is 50.4 Å².